The lowest BCUT2D eigenvalue weighted by molar-refractivity contribution is 0.238. The van der Waals surface area contributed by atoms with Crippen LogP contribution in [-0.4, -0.2) is 14.8 Å². The molecule has 3 aromatic rings. The first-order valence-electron chi connectivity index (χ1n) is 6.46. The Labute approximate surface area is 132 Å². The van der Waals surface area contributed by atoms with E-state index < -0.39 is 0 Å². The fourth-order valence-corrected chi connectivity index (χ4v) is 2.66. The maximum Gasteiger partial charge on any atom is 0.130 e. The third kappa shape index (κ3) is 2.78. The molecule has 3 rings (SSSR count). The standard InChI is InChI=1S/C16H13ClN2OS/c17-14-4-2-1-3-13(14)10-19-8-7-11-5-6-12(9-15(11)19)16(21)18-20/h1-9,20H,10H2,(H,18,21). The minimum Gasteiger partial charge on any atom is -0.343 e. The van der Waals surface area contributed by atoms with E-state index in [9.17, 15) is 0 Å². The van der Waals surface area contributed by atoms with Crippen molar-refractivity contribution in [1.29, 1.82) is 0 Å². The molecule has 1 heterocycles. The Morgan fingerprint density at radius 3 is 2.76 bits per heavy atom. The largest absolute Gasteiger partial charge is 0.343 e. The van der Waals surface area contributed by atoms with Crippen LogP contribution in [0.25, 0.3) is 10.9 Å². The molecule has 0 fully saturated rings. The number of fused-ring (bicyclic) bond motifs is 1. The number of hydrogen-bond donors (Lipinski definition) is 2. The van der Waals surface area contributed by atoms with Crippen LogP contribution in [0.5, 0.6) is 0 Å². The van der Waals surface area contributed by atoms with E-state index in [1.807, 2.05) is 60.2 Å². The third-order valence-corrected chi connectivity index (χ3v) is 4.13. The van der Waals surface area contributed by atoms with Crippen molar-refractivity contribution in [2.45, 2.75) is 6.54 Å². The van der Waals surface area contributed by atoms with E-state index in [0.29, 0.717) is 11.5 Å². The van der Waals surface area contributed by atoms with E-state index in [4.69, 9.17) is 29.0 Å². The lowest BCUT2D eigenvalue weighted by Crippen LogP contribution is -2.17. The number of hydrogen-bond acceptors (Lipinski definition) is 2. The minimum absolute atomic E-state index is 0.308. The molecular formula is C16H13ClN2OS. The Kier molecular flexibility index (Phi) is 3.92. The van der Waals surface area contributed by atoms with Gasteiger partial charge in [0.05, 0.1) is 0 Å². The highest BCUT2D eigenvalue weighted by Gasteiger charge is 2.07. The molecule has 0 amide bonds. The average molecular weight is 317 g/mol. The summed E-state index contributed by atoms with van der Waals surface area (Å²) in [4.78, 5) is 0.308. The van der Waals surface area contributed by atoms with Crippen molar-refractivity contribution in [3.05, 3.63) is 70.9 Å². The molecule has 0 saturated carbocycles. The summed E-state index contributed by atoms with van der Waals surface area (Å²) < 4.78 is 2.11. The van der Waals surface area contributed by atoms with Gasteiger partial charge < -0.3 is 4.57 Å². The maximum absolute atomic E-state index is 8.94. The van der Waals surface area contributed by atoms with Crippen LogP contribution in [0, 0.1) is 0 Å². The highest BCUT2D eigenvalue weighted by molar-refractivity contribution is 7.80. The highest BCUT2D eigenvalue weighted by atomic mass is 35.5. The molecule has 0 spiro atoms. The normalized spacial score (nSPS) is 10.8. The van der Waals surface area contributed by atoms with Gasteiger partial charge >= 0.3 is 0 Å². The summed E-state index contributed by atoms with van der Waals surface area (Å²) in [5.41, 5.74) is 4.90. The zero-order chi connectivity index (χ0) is 14.8. The van der Waals surface area contributed by atoms with Gasteiger partial charge in [-0.15, -0.1) is 0 Å². The number of benzene rings is 2. The fourth-order valence-electron chi connectivity index (χ4n) is 2.34. The zero-order valence-electron chi connectivity index (χ0n) is 11.1. The van der Waals surface area contributed by atoms with Gasteiger partial charge in [0.1, 0.15) is 4.99 Å². The Balaban J connectivity index is 2.03. The molecule has 0 radical (unpaired) electrons. The highest BCUT2D eigenvalue weighted by Crippen LogP contribution is 2.22. The van der Waals surface area contributed by atoms with Crippen LogP contribution in [0.1, 0.15) is 11.1 Å². The second kappa shape index (κ2) is 5.85. The number of nitrogens with one attached hydrogen (secondary N) is 1. The van der Waals surface area contributed by atoms with Gasteiger partial charge in [0, 0.05) is 28.8 Å². The van der Waals surface area contributed by atoms with E-state index >= 15 is 0 Å². The first kappa shape index (κ1) is 14.1. The van der Waals surface area contributed by atoms with Crippen molar-refractivity contribution in [2.24, 2.45) is 0 Å². The number of rotatable bonds is 3. The van der Waals surface area contributed by atoms with Crippen molar-refractivity contribution in [1.82, 2.24) is 10.0 Å². The first-order chi connectivity index (χ1) is 10.2. The lowest BCUT2D eigenvalue weighted by atomic mass is 10.1. The van der Waals surface area contributed by atoms with E-state index in [1.165, 1.54) is 0 Å². The second-order valence-corrected chi connectivity index (χ2v) is 5.57. The summed E-state index contributed by atoms with van der Waals surface area (Å²) >= 11 is 11.3. The van der Waals surface area contributed by atoms with Crippen LogP contribution < -0.4 is 5.48 Å². The summed E-state index contributed by atoms with van der Waals surface area (Å²) in [5, 5.41) is 10.8. The summed E-state index contributed by atoms with van der Waals surface area (Å²) in [7, 11) is 0. The molecule has 3 nitrogen and oxygen atoms in total. The van der Waals surface area contributed by atoms with Gasteiger partial charge in [-0.25, -0.2) is 0 Å². The van der Waals surface area contributed by atoms with Gasteiger partial charge in [-0.3, -0.25) is 10.7 Å². The number of thiocarbonyl (C=S) groups is 1. The minimum atomic E-state index is 0.308. The van der Waals surface area contributed by atoms with E-state index in [2.05, 4.69) is 4.57 Å². The molecule has 0 aliphatic rings. The van der Waals surface area contributed by atoms with E-state index in [1.54, 1.807) is 0 Å². The Hall–Kier alpha value is -1.88. The summed E-state index contributed by atoms with van der Waals surface area (Å²) in [6, 6.07) is 15.7. The van der Waals surface area contributed by atoms with Gasteiger partial charge in [0.25, 0.3) is 0 Å². The molecule has 0 saturated heterocycles. The first-order valence-corrected chi connectivity index (χ1v) is 7.24. The summed E-state index contributed by atoms with van der Waals surface area (Å²) in [5.74, 6) is 0. The maximum atomic E-state index is 8.94. The average Bonchev–Trinajstić information content (AvgIpc) is 2.91. The molecule has 0 aliphatic carbocycles. The molecular weight excluding hydrogens is 304 g/mol. The molecule has 1 aromatic heterocycles. The predicted octanol–water partition coefficient (Wildman–Crippen LogP) is 4.00. The van der Waals surface area contributed by atoms with Crippen LogP contribution in [-0.2, 0) is 6.54 Å². The number of nitrogens with zero attached hydrogens (tertiary/aromatic N) is 1. The van der Waals surface area contributed by atoms with E-state index in [0.717, 1.165) is 27.1 Å². The van der Waals surface area contributed by atoms with Gasteiger partial charge in [-0.2, -0.15) is 0 Å². The van der Waals surface area contributed by atoms with Crippen LogP contribution in [0.15, 0.2) is 54.7 Å². The monoisotopic (exact) mass is 316 g/mol. The zero-order valence-corrected chi connectivity index (χ0v) is 12.7. The van der Waals surface area contributed by atoms with Crippen LogP contribution in [0.2, 0.25) is 5.02 Å². The number of hydroxylamine groups is 1. The van der Waals surface area contributed by atoms with Crippen molar-refractivity contribution in [2.75, 3.05) is 0 Å². The van der Waals surface area contributed by atoms with Gasteiger partial charge in [-0.05, 0) is 29.1 Å². The van der Waals surface area contributed by atoms with Crippen molar-refractivity contribution < 1.29 is 5.21 Å². The third-order valence-electron chi connectivity index (χ3n) is 3.44. The SMILES string of the molecule is ONC(=S)c1ccc2ccn(Cc3ccccc3Cl)c2c1. The summed E-state index contributed by atoms with van der Waals surface area (Å²) in [6.07, 6.45) is 2.02. The van der Waals surface area contributed by atoms with Crippen LogP contribution >= 0.6 is 23.8 Å². The van der Waals surface area contributed by atoms with Crippen molar-refractivity contribution in [3.8, 4) is 0 Å². The fraction of sp³-hybridized carbons (Fsp3) is 0.0625. The molecule has 0 unspecified atom stereocenters. The van der Waals surface area contributed by atoms with E-state index in [-0.39, 0.29) is 0 Å². The van der Waals surface area contributed by atoms with Crippen molar-refractivity contribution in [3.63, 3.8) is 0 Å². The smallest absolute Gasteiger partial charge is 0.130 e. The molecule has 0 aliphatic heterocycles. The summed E-state index contributed by atoms with van der Waals surface area (Å²) in [6.45, 7) is 0.686. The topological polar surface area (TPSA) is 37.2 Å². The quantitative estimate of drug-likeness (QED) is 0.566. The Bertz CT molecular complexity index is 813. The van der Waals surface area contributed by atoms with Gasteiger partial charge in [0.2, 0.25) is 0 Å². The molecule has 106 valence electrons. The second-order valence-electron chi connectivity index (χ2n) is 4.75. The number of aromatic nitrogens is 1. The van der Waals surface area contributed by atoms with Crippen LogP contribution in [0.3, 0.4) is 0 Å². The molecule has 0 bridgehead atoms. The Morgan fingerprint density at radius 1 is 1.19 bits per heavy atom. The van der Waals surface area contributed by atoms with Gasteiger partial charge in [-0.1, -0.05) is 54.2 Å². The molecule has 21 heavy (non-hydrogen) atoms. The number of halogens is 1. The Morgan fingerprint density at radius 2 is 2.00 bits per heavy atom. The lowest BCUT2D eigenvalue weighted by Gasteiger charge is -2.09. The van der Waals surface area contributed by atoms with Crippen LogP contribution in [0.4, 0.5) is 0 Å². The molecule has 5 heteroatoms. The van der Waals surface area contributed by atoms with Gasteiger partial charge in [0.15, 0.2) is 0 Å². The van der Waals surface area contributed by atoms with Crippen molar-refractivity contribution >= 4 is 39.7 Å². The molecule has 2 aromatic carbocycles. The predicted molar refractivity (Wildman–Crippen MR) is 89.1 cm³/mol. The molecule has 2 N–H and O–H groups in total. The molecule has 0 atom stereocenters.